The van der Waals surface area contributed by atoms with Crippen LogP contribution < -0.4 is 14.8 Å². The summed E-state index contributed by atoms with van der Waals surface area (Å²) in [6, 6.07) is 5.70. The van der Waals surface area contributed by atoms with E-state index in [-0.39, 0.29) is 11.9 Å². The van der Waals surface area contributed by atoms with Crippen LogP contribution in [0.2, 0.25) is 0 Å². The van der Waals surface area contributed by atoms with E-state index in [1.54, 1.807) is 7.11 Å². The number of ether oxygens (including phenoxy) is 3. The first-order valence-corrected chi connectivity index (χ1v) is 9.50. The summed E-state index contributed by atoms with van der Waals surface area (Å²) < 4.78 is 16.7. The van der Waals surface area contributed by atoms with Gasteiger partial charge in [-0.3, -0.25) is 9.59 Å². The van der Waals surface area contributed by atoms with E-state index in [2.05, 4.69) is 10.1 Å². The Labute approximate surface area is 157 Å². The summed E-state index contributed by atoms with van der Waals surface area (Å²) in [5, 5.41) is 3.79. The number of esters is 1. The number of hydrogen-bond donors (Lipinski definition) is 1. The molecule has 1 N–H and O–H groups in total. The van der Waals surface area contributed by atoms with Crippen molar-refractivity contribution in [3.63, 3.8) is 0 Å². The summed E-state index contributed by atoms with van der Waals surface area (Å²) in [6.45, 7) is 3.07. The molecule has 1 aromatic heterocycles. The summed E-state index contributed by atoms with van der Waals surface area (Å²) in [4.78, 5) is 24.3. The van der Waals surface area contributed by atoms with Crippen molar-refractivity contribution in [3.8, 4) is 11.5 Å². The van der Waals surface area contributed by atoms with Crippen LogP contribution in [0.3, 0.4) is 0 Å². The van der Waals surface area contributed by atoms with Crippen LogP contribution in [0.4, 0.5) is 0 Å². The molecule has 1 heterocycles. The van der Waals surface area contributed by atoms with E-state index in [0.717, 1.165) is 22.3 Å². The molecule has 0 saturated carbocycles. The van der Waals surface area contributed by atoms with Crippen LogP contribution in [-0.2, 0) is 9.53 Å². The topological polar surface area (TPSA) is 73.9 Å². The van der Waals surface area contributed by atoms with Gasteiger partial charge in [0.05, 0.1) is 20.8 Å². The van der Waals surface area contributed by atoms with Gasteiger partial charge in [-0.05, 0) is 37.5 Å². The summed E-state index contributed by atoms with van der Waals surface area (Å²) in [5.41, 5.74) is 0. The maximum absolute atomic E-state index is 12.6. The van der Waals surface area contributed by atoms with Crippen molar-refractivity contribution in [1.82, 2.24) is 5.32 Å². The number of carbonyl (C=O) groups is 2. The Balaban J connectivity index is 2.08. The summed E-state index contributed by atoms with van der Waals surface area (Å²) in [6.07, 6.45) is 2.61. The maximum atomic E-state index is 12.6. The molecule has 7 heteroatoms. The number of benzene rings is 1. The predicted molar refractivity (Wildman–Crippen MR) is 102 cm³/mol. The van der Waals surface area contributed by atoms with Crippen LogP contribution in [0.15, 0.2) is 18.2 Å². The van der Waals surface area contributed by atoms with Gasteiger partial charge >= 0.3 is 5.97 Å². The lowest BCUT2D eigenvalue weighted by Gasteiger charge is -2.08. The van der Waals surface area contributed by atoms with Gasteiger partial charge in [0.2, 0.25) is 0 Å². The molecule has 0 aliphatic heterocycles. The molecule has 0 atom stereocenters. The van der Waals surface area contributed by atoms with E-state index in [9.17, 15) is 9.59 Å². The molecule has 0 aliphatic carbocycles. The van der Waals surface area contributed by atoms with Gasteiger partial charge in [-0.1, -0.05) is 6.92 Å². The van der Waals surface area contributed by atoms with Crippen LogP contribution in [0.25, 0.3) is 10.1 Å². The Morgan fingerprint density at radius 2 is 2.00 bits per heavy atom. The van der Waals surface area contributed by atoms with E-state index in [1.807, 2.05) is 25.1 Å². The van der Waals surface area contributed by atoms with E-state index in [0.29, 0.717) is 43.0 Å². The van der Waals surface area contributed by atoms with Gasteiger partial charge in [-0.15, -0.1) is 11.3 Å². The van der Waals surface area contributed by atoms with Crippen molar-refractivity contribution in [2.24, 2.45) is 0 Å². The Hall–Kier alpha value is -2.28. The smallest absolute Gasteiger partial charge is 0.305 e. The first-order valence-electron chi connectivity index (χ1n) is 8.69. The fourth-order valence-corrected chi connectivity index (χ4v) is 3.50. The zero-order chi connectivity index (χ0) is 18.9. The molecule has 0 radical (unpaired) electrons. The van der Waals surface area contributed by atoms with Crippen molar-refractivity contribution >= 4 is 33.3 Å². The van der Waals surface area contributed by atoms with E-state index in [4.69, 9.17) is 9.47 Å². The lowest BCUT2D eigenvalue weighted by molar-refractivity contribution is -0.140. The second kappa shape index (κ2) is 10.0. The number of carbonyl (C=O) groups excluding carboxylic acids is 2. The van der Waals surface area contributed by atoms with Crippen molar-refractivity contribution in [1.29, 1.82) is 0 Å². The number of amides is 1. The highest BCUT2D eigenvalue weighted by Gasteiger charge is 2.20. The molecule has 1 aromatic carbocycles. The second-order valence-corrected chi connectivity index (χ2v) is 6.81. The fourth-order valence-electron chi connectivity index (χ4n) is 2.46. The number of methoxy groups -OCH3 is 2. The number of thiophene rings is 1. The van der Waals surface area contributed by atoms with Crippen LogP contribution in [0, 0.1) is 0 Å². The molecular formula is C19H25NO5S. The largest absolute Gasteiger partial charge is 0.497 e. The molecule has 0 aliphatic rings. The first-order chi connectivity index (χ1) is 12.6. The Bertz CT molecular complexity index is 756. The van der Waals surface area contributed by atoms with Gasteiger partial charge in [0.15, 0.2) is 5.75 Å². The average Bonchev–Trinajstić information content (AvgIpc) is 3.03. The molecular weight excluding hydrogens is 354 g/mol. The lowest BCUT2D eigenvalue weighted by atomic mass is 10.2. The van der Waals surface area contributed by atoms with Crippen LogP contribution in [-0.4, -0.2) is 39.2 Å². The Morgan fingerprint density at radius 3 is 2.69 bits per heavy atom. The molecule has 2 rings (SSSR count). The van der Waals surface area contributed by atoms with Gasteiger partial charge < -0.3 is 19.5 Å². The highest BCUT2D eigenvalue weighted by molar-refractivity contribution is 7.21. The number of hydrogen-bond acceptors (Lipinski definition) is 6. The SMILES string of the molecule is CCCOc1c(C(=O)NCCCCC(=O)OC)sc2ccc(OC)cc12. The van der Waals surface area contributed by atoms with E-state index >= 15 is 0 Å². The number of fused-ring (bicyclic) bond motifs is 1. The Kier molecular flexibility index (Phi) is 7.72. The molecule has 6 nitrogen and oxygen atoms in total. The fraction of sp³-hybridized carbons (Fsp3) is 0.474. The van der Waals surface area contributed by atoms with Gasteiger partial charge in [0.25, 0.3) is 5.91 Å². The molecule has 0 unspecified atom stereocenters. The van der Waals surface area contributed by atoms with Crippen molar-refractivity contribution < 1.29 is 23.8 Å². The molecule has 0 fully saturated rings. The normalized spacial score (nSPS) is 10.6. The minimum Gasteiger partial charge on any atom is -0.497 e. The third kappa shape index (κ3) is 5.11. The summed E-state index contributed by atoms with van der Waals surface area (Å²) in [7, 11) is 2.99. The van der Waals surface area contributed by atoms with Crippen LogP contribution in [0.1, 0.15) is 42.3 Å². The molecule has 0 spiro atoms. The molecule has 2 aromatic rings. The predicted octanol–water partition coefficient (Wildman–Crippen LogP) is 3.77. The maximum Gasteiger partial charge on any atom is 0.305 e. The number of nitrogens with one attached hydrogen (secondary N) is 1. The second-order valence-electron chi connectivity index (χ2n) is 5.76. The summed E-state index contributed by atoms with van der Waals surface area (Å²) >= 11 is 1.41. The quantitative estimate of drug-likeness (QED) is 0.502. The van der Waals surface area contributed by atoms with Gasteiger partial charge in [0, 0.05) is 23.1 Å². The van der Waals surface area contributed by atoms with Crippen molar-refractivity contribution in [2.45, 2.75) is 32.6 Å². The number of unbranched alkanes of at least 4 members (excludes halogenated alkanes) is 1. The highest BCUT2D eigenvalue weighted by Crippen LogP contribution is 2.39. The van der Waals surface area contributed by atoms with Gasteiger partial charge in [-0.2, -0.15) is 0 Å². The standard InChI is InChI=1S/C19H25NO5S/c1-4-11-25-17-14-12-13(23-2)8-9-15(14)26-18(17)19(22)20-10-6-5-7-16(21)24-3/h8-9,12H,4-7,10-11H2,1-3H3,(H,20,22). The van der Waals surface area contributed by atoms with E-state index < -0.39 is 0 Å². The third-order valence-corrected chi connectivity index (χ3v) is 4.98. The molecule has 1 amide bonds. The molecule has 26 heavy (non-hydrogen) atoms. The highest BCUT2D eigenvalue weighted by atomic mass is 32.1. The van der Waals surface area contributed by atoms with E-state index in [1.165, 1.54) is 18.4 Å². The van der Waals surface area contributed by atoms with Gasteiger partial charge in [-0.25, -0.2) is 0 Å². The minimum atomic E-state index is -0.231. The first kappa shape index (κ1) is 20.0. The average molecular weight is 379 g/mol. The molecule has 0 saturated heterocycles. The van der Waals surface area contributed by atoms with Crippen molar-refractivity contribution in [2.75, 3.05) is 27.4 Å². The zero-order valence-electron chi connectivity index (χ0n) is 15.4. The van der Waals surface area contributed by atoms with Crippen molar-refractivity contribution in [3.05, 3.63) is 23.1 Å². The molecule has 142 valence electrons. The molecule has 0 bridgehead atoms. The lowest BCUT2D eigenvalue weighted by Crippen LogP contribution is -2.24. The summed E-state index contributed by atoms with van der Waals surface area (Å²) in [5.74, 6) is 0.948. The Morgan fingerprint density at radius 1 is 1.19 bits per heavy atom. The monoisotopic (exact) mass is 379 g/mol. The third-order valence-electron chi connectivity index (χ3n) is 3.83. The van der Waals surface area contributed by atoms with Gasteiger partial charge in [0.1, 0.15) is 10.6 Å². The zero-order valence-corrected chi connectivity index (χ0v) is 16.2. The number of rotatable bonds is 10. The minimum absolute atomic E-state index is 0.158. The van der Waals surface area contributed by atoms with Crippen LogP contribution in [0.5, 0.6) is 11.5 Å². The van der Waals surface area contributed by atoms with Crippen LogP contribution >= 0.6 is 11.3 Å².